The van der Waals surface area contributed by atoms with E-state index in [1.165, 1.54) is 17.6 Å². The highest BCUT2D eigenvalue weighted by Gasteiger charge is 2.09. The van der Waals surface area contributed by atoms with Crippen LogP contribution < -0.4 is 0 Å². The van der Waals surface area contributed by atoms with Gasteiger partial charge in [-0.25, -0.2) is 0 Å². The van der Waals surface area contributed by atoms with Crippen LogP contribution >= 0.6 is 0 Å². The molecule has 1 atom stereocenters. The van der Waals surface area contributed by atoms with Crippen molar-refractivity contribution in [3.63, 3.8) is 0 Å². The Morgan fingerprint density at radius 3 is 2.73 bits per heavy atom. The minimum absolute atomic E-state index is 0.657. The highest BCUT2D eigenvalue weighted by molar-refractivity contribution is 5.27. The quantitative estimate of drug-likeness (QED) is 0.499. The Bertz CT molecular complexity index is 216. The molecular weight excluding hydrogens is 132 g/mol. The third-order valence-corrected chi connectivity index (χ3v) is 2.18. The van der Waals surface area contributed by atoms with Crippen LogP contribution in [0.3, 0.4) is 0 Å². The molecular formula is C11H16. The average molecular weight is 148 g/mol. The second kappa shape index (κ2) is 3.56. The van der Waals surface area contributed by atoms with E-state index in [0.717, 1.165) is 0 Å². The molecule has 1 rings (SSSR count). The average Bonchev–Trinajstić information content (AvgIpc) is 1.98. The van der Waals surface area contributed by atoms with E-state index in [4.69, 9.17) is 0 Å². The van der Waals surface area contributed by atoms with Gasteiger partial charge in [0.1, 0.15) is 0 Å². The molecule has 1 unspecified atom stereocenters. The van der Waals surface area contributed by atoms with Crippen LogP contribution in [0.1, 0.15) is 27.2 Å². The molecule has 0 aromatic carbocycles. The fourth-order valence-corrected chi connectivity index (χ4v) is 1.43. The van der Waals surface area contributed by atoms with E-state index in [9.17, 15) is 0 Å². The van der Waals surface area contributed by atoms with Gasteiger partial charge in [-0.1, -0.05) is 35.5 Å². The van der Waals surface area contributed by atoms with Crippen molar-refractivity contribution in [1.29, 1.82) is 0 Å². The highest BCUT2D eigenvalue weighted by atomic mass is 14.1. The maximum atomic E-state index is 2.28. The van der Waals surface area contributed by atoms with Gasteiger partial charge in [0.2, 0.25) is 0 Å². The molecule has 0 fully saturated rings. The first-order valence-corrected chi connectivity index (χ1v) is 4.21. The minimum atomic E-state index is 0.657. The third kappa shape index (κ3) is 2.07. The van der Waals surface area contributed by atoms with Gasteiger partial charge < -0.3 is 0 Å². The zero-order valence-corrected chi connectivity index (χ0v) is 7.59. The van der Waals surface area contributed by atoms with E-state index in [2.05, 4.69) is 45.1 Å². The van der Waals surface area contributed by atoms with Crippen molar-refractivity contribution in [2.45, 2.75) is 27.2 Å². The summed E-state index contributed by atoms with van der Waals surface area (Å²) >= 11 is 0. The fourth-order valence-electron chi connectivity index (χ4n) is 1.43. The number of rotatable bonds is 1. The van der Waals surface area contributed by atoms with E-state index in [1.54, 1.807) is 0 Å². The summed E-state index contributed by atoms with van der Waals surface area (Å²) in [4.78, 5) is 0. The molecule has 0 spiro atoms. The van der Waals surface area contributed by atoms with E-state index in [-0.39, 0.29) is 0 Å². The number of hydrogen-bond acceptors (Lipinski definition) is 0. The molecule has 0 nitrogen and oxygen atoms in total. The van der Waals surface area contributed by atoms with Gasteiger partial charge >= 0.3 is 0 Å². The minimum Gasteiger partial charge on any atom is -0.0910 e. The Kier molecular flexibility index (Phi) is 2.70. The molecule has 0 bridgehead atoms. The molecule has 0 amide bonds. The number of hydrogen-bond donors (Lipinski definition) is 0. The monoisotopic (exact) mass is 148 g/mol. The van der Waals surface area contributed by atoms with Gasteiger partial charge in [-0.3, -0.25) is 0 Å². The predicted octanol–water partition coefficient (Wildman–Crippen LogP) is 3.48. The van der Waals surface area contributed by atoms with Crippen LogP contribution in [-0.4, -0.2) is 0 Å². The molecule has 0 heteroatoms. The maximum Gasteiger partial charge on any atom is 0.00142 e. The van der Waals surface area contributed by atoms with Crippen molar-refractivity contribution < 1.29 is 0 Å². The maximum absolute atomic E-state index is 2.28. The molecule has 0 aliphatic heterocycles. The lowest BCUT2D eigenvalue weighted by Crippen LogP contribution is -2.02. The van der Waals surface area contributed by atoms with Crippen molar-refractivity contribution in [2.75, 3.05) is 0 Å². The standard InChI is InChI=1S/C11H16/c1-4-5-11-8-9(2)6-7-10(11)3/h4-7,11H,8H2,1-3H3. The van der Waals surface area contributed by atoms with Gasteiger partial charge in [0, 0.05) is 5.92 Å². The lowest BCUT2D eigenvalue weighted by molar-refractivity contribution is 0.732. The third-order valence-electron chi connectivity index (χ3n) is 2.18. The summed E-state index contributed by atoms with van der Waals surface area (Å²) in [6.07, 6.45) is 10.1. The van der Waals surface area contributed by atoms with Gasteiger partial charge in [-0.05, 0) is 27.2 Å². The molecule has 0 N–H and O–H groups in total. The first-order chi connectivity index (χ1) is 5.24. The molecule has 0 radical (unpaired) electrons. The van der Waals surface area contributed by atoms with Gasteiger partial charge in [-0.2, -0.15) is 0 Å². The summed E-state index contributed by atoms with van der Waals surface area (Å²) < 4.78 is 0. The summed E-state index contributed by atoms with van der Waals surface area (Å²) in [7, 11) is 0. The molecule has 1 aliphatic carbocycles. The Morgan fingerprint density at radius 2 is 2.09 bits per heavy atom. The topological polar surface area (TPSA) is 0 Å². The van der Waals surface area contributed by atoms with E-state index >= 15 is 0 Å². The van der Waals surface area contributed by atoms with Crippen LogP contribution in [0.25, 0.3) is 0 Å². The fraction of sp³-hybridized carbons (Fsp3) is 0.455. The Morgan fingerprint density at radius 1 is 1.36 bits per heavy atom. The predicted molar refractivity (Wildman–Crippen MR) is 50.4 cm³/mol. The summed E-state index contributed by atoms with van der Waals surface area (Å²) in [5.41, 5.74) is 2.97. The summed E-state index contributed by atoms with van der Waals surface area (Å²) in [5, 5.41) is 0. The summed E-state index contributed by atoms with van der Waals surface area (Å²) in [6.45, 7) is 6.48. The van der Waals surface area contributed by atoms with Crippen molar-refractivity contribution >= 4 is 0 Å². The first-order valence-electron chi connectivity index (χ1n) is 4.21. The highest BCUT2D eigenvalue weighted by Crippen LogP contribution is 2.25. The molecule has 1 aliphatic rings. The lowest BCUT2D eigenvalue weighted by Gasteiger charge is -2.17. The normalized spacial score (nSPS) is 25.2. The summed E-state index contributed by atoms with van der Waals surface area (Å²) in [5.74, 6) is 0.657. The van der Waals surface area contributed by atoms with Gasteiger partial charge in [0.25, 0.3) is 0 Å². The molecule has 0 heterocycles. The van der Waals surface area contributed by atoms with Crippen molar-refractivity contribution in [2.24, 2.45) is 5.92 Å². The van der Waals surface area contributed by atoms with E-state index in [1.807, 2.05) is 0 Å². The van der Waals surface area contributed by atoms with Crippen LogP contribution in [0.15, 0.2) is 35.5 Å². The number of allylic oxidation sites excluding steroid dienone is 6. The van der Waals surface area contributed by atoms with E-state index < -0.39 is 0 Å². The molecule has 0 aromatic rings. The van der Waals surface area contributed by atoms with Gasteiger partial charge in [0.15, 0.2) is 0 Å². The zero-order valence-electron chi connectivity index (χ0n) is 7.59. The molecule has 60 valence electrons. The Balaban J connectivity index is 2.73. The van der Waals surface area contributed by atoms with Crippen LogP contribution in [0, 0.1) is 5.92 Å². The molecule has 0 saturated heterocycles. The summed E-state index contributed by atoms with van der Waals surface area (Å²) in [6, 6.07) is 0. The second-order valence-corrected chi connectivity index (χ2v) is 3.26. The van der Waals surface area contributed by atoms with Crippen molar-refractivity contribution in [3.05, 3.63) is 35.5 Å². The van der Waals surface area contributed by atoms with E-state index in [0.29, 0.717) is 5.92 Å². The van der Waals surface area contributed by atoms with Gasteiger partial charge in [0.05, 0.1) is 0 Å². The zero-order chi connectivity index (χ0) is 8.27. The van der Waals surface area contributed by atoms with Crippen LogP contribution in [0.5, 0.6) is 0 Å². The Labute approximate surface area is 69.3 Å². The molecule has 11 heavy (non-hydrogen) atoms. The first kappa shape index (κ1) is 8.32. The molecule has 0 aromatic heterocycles. The van der Waals surface area contributed by atoms with Gasteiger partial charge in [-0.15, -0.1) is 0 Å². The van der Waals surface area contributed by atoms with Crippen LogP contribution in [0.4, 0.5) is 0 Å². The largest absolute Gasteiger partial charge is 0.0910 e. The van der Waals surface area contributed by atoms with Crippen molar-refractivity contribution in [3.8, 4) is 0 Å². The smallest absolute Gasteiger partial charge is 0.00142 e. The Hall–Kier alpha value is -0.780. The van der Waals surface area contributed by atoms with Crippen molar-refractivity contribution in [1.82, 2.24) is 0 Å². The lowest BCUT2D eigenvalue weighted by atomic mass is 9.88. The van der Waals surface area contributed by atoms with Crippen LogP contribution in [0.2, 0.25) is 0 Å². The second-order valence-electron chi connectivity index (χ2n) is 3.26. The molecule has 0 saturated carbocycles. The van der Waals surface area contributed by atoms with Crippen LogP contribution in [-0.2, 0) is 0 Å². The SMILES string of the molecule is CC=CC1CC(C)=CC=C1C.